The molecule has 0 saturated heterocycles. The van der Waals surface area contributed by atoms with Crippen molar-refractivity contribution in [2.45, 2.75) is 24.8 Å². The van der Waals surface area contributed by atoms with Crippen LogP contribution in [-0.2, 0) is 12.8 Å². The van der Waals surface area contributed by atoms with E-state index in [-0.39, 0.29) is 0 Å². The summed E-state index contributed by atoms with van der Waals surface area (Å²) in [5.74, 6) is 3.37. The molecule has 3 nitrogen and oxygen atoms in total. The lowest BCUT2D eigenvalue weighted by Gasteiger charge is -2.32. The third-order valence-corrected chi connectivity index (χ3v) is 3.47. The minimum absolute atomic E-state index is 0.423. The second-order valence-corrected chi connectivity index (χ2v) is 4.56. The number of aryl methyl sites for hydroxylation is 1. The zero-order valence-electron chi connectivity index (χ0n) is 10.5. The predicted octanol–water partition coefficient (Wildman–Crippen LogP) is 1.67. The highest BCUT2D eigenvalue weighted by Gasteiger charge is 2.33. The van der Waals surface area contributed by atoms with E-state index in [0.29, 0.717) is 13.0 Å². The molecule has 1 unspecified atom stereocenters. The average Bonchev–Trinajstić information content (AvgIpc) is 2.44. The monoisotopic (exact) mass is 240 g/mol. The Bertz CT molecular complexity index is 524. The van der Waals surface area contributed by atoms with Crippen molar-refractivity contribution in [1.82, 2.24) is 5.32 Å². The Labute approximate surface area is 108 Å². The Kier molecular flexibility index (Phi) is 3.55. The van der Waals surface area contributed by atoms with Crippen molar-refractivity contribution in [3.8, 4) is 24.2 Å². The molecular formula is C15H16N2O. The maximum Gasteiger partial charge on any atom is 0.119 e. The Morgan fingerprint density at radius 3 is 3.00 bits per heavy atom. The number of ether oxygens (including phenoxy) is 1. The number of hydrogen-bond donors (Lipinski definition) is 1. The molecule has 0 heterocycles. The number of rotatable bonds is 3. The minimum atomic E-state index is -0.536. The van der Waals surface area contributed by atoms with Crippen LogP contribution < -0.4 is 10.1 Å². The number of terminal acetylenes is 1. The summed E-state index contributed by atoms with van der Waals surface area (Å²) in [6, 6.07) is 8.44. The van der Waals surface area contributed by atoms with Gasteiger partial charge in [-0.1, -0.05) is 12.0 Å². The van der Waals surface area contributed by atoms with E-state index < -0.39 is 5.54 Å². The van der Waals surface area contributed by atoms with E-state index in [1.54, 1.807) is 7.11 Å². The summed E-state index contributed by atoms with van der Waals surface area (Å²) >= 11 is 0. The summed E-state index contributed by atoms with van der Waals surface area (Å²) in [5.41, 5.74) is 1.93. The van der Waals surface area contributed by atoms with E-state index in [9.17, 15) is 5.26 Å². The van der Waals surface area contributed by atoms with Crippen molar-refractivity contribution in [3.05, 3.63) is 29.3 Å². The van der Waals surface area contributed by atoms with Gasteiger partial charge in [0, 0.05) is 6.42 Å². The molecule has 0 amide bonds. The molecule has 1 N–H and O–H groups in total. The lowest BCUT2D eigenvalue weighted by atomic mass is 9.78. The van der Waals surface area contributed by atoms with Gasteiger partial charge in [-0.05, 0) is 36.1 Å². The number of methoxy groups -OCH3 is 1. The first-order chi connectivity index (χ1) is 8.73. The molecule has 0 fully saturated rings. The molecule has 1 aliphatic carbocycles. The Morgan fingerprint density at radius 2 is 2.33 bits per heavy atom. The molecule has 0 bridgehead atoms. The van der Waals surface area contributed by atoms with Gasteiger partial charge >= 0.3 is 0 Å². The third-order valence-electron chi connectivity index (χ3n) is 3.47. The van der Waals surface area contributed by atoms with Crippen LogP contribution in [0.5, 0.6) is 5.75 Å². The standard InChI is InChI=1S/C15H16N2O/c1-3-8-17-15(11-16)7-6-12-4-5-14(18-2)9-13(12)10-15/h1,4-5,9,17H,6-8,10H2,2H3. The molecule has 0 radical (unpaired) electrons. The van der Waals surface area contributed by atoms with E-state index in [1.807, 2.05) is 12.1 Å². The lowest BCUT2D eigenvalue weighted by molar-refractivity contribution is 0.379. The number of hydrogen-bond acceptors (Lipinski definition) is 3. The Morgan fingerprint density at radius 1 is 1.50 bits per heavy atom. The third kappa shape index (κ3) is 2.32. The Hall–Kier alpha value is -1.97. The quantitative estimate of drug-likeness (QED) is 0.817. The van der Waals surface area contributed by atoms with Crippen LogP contribution in [0.3, 0.4) is 0 Å². The van der Waals surface area contributed by atoms with E-state index >= 15 is 0 Å². The van der Waals surface area contributed by atoms with Crippen LogP contribution >= 0.6 is 0 Å². The maximum atomic E-state index is 9.41. The van der Waals surface area contributed by atoms with Gasteiger partial charge in [-0.3, -0.25) is 5.32 Å². The number of fused-ring (bicyclic) bond motifs is 1. The van der Waals surface area contributed by atoms with Gasteiger partial charge in [0.25, 0.3) is 0 Å². The van der Waals surface area contributed by atoms with Crippen LogP contribution in [0.4, 0.5) is 0 Å². The molecule has 1 atom stereocenters. The van der Waals surface area contributed by atoms with Crippen LogP contribution in [0, 0.1) is 23.7 Å². The topological polar surface area (TPSA) is 45.0 Å². The van der Waals surface area contributed by atoms with Crippen molar-refractivity contribution in [1.29, 1.82) is 5.26 Å². The van der Waals surface area contributed by atoms with Crippen LogP contribution in [0.25, 0.3) is 0 Å². The van der Waals surface area contributed by atoms with Crippen molar-refractivity contribution in [3.63, 3.8) is 0 Å². The minimum Gasteiger partial charge on any atom is -0.497 e. The van der Waals surface area contributed by atoms with Gasteiger partial charge in [-0.15, -0.1) is 6.42 Å². The second-order valence-electron chi connectivity index (χ2n) is 4.56. The van der Waals surface area contributed by atoms with Crippen molar-refractivity contribution in [2.24, 2.45) is 0 Å². The zero-order chi connectivity index (χ0) is 13.0. The van der Waals surface area contributed by atoms with Crippen LogP contribution in [0.2, 0.25) is 0 Å². The smallest absolute Gasteiger partial charge is 0.119 e. The van der Waals surface area contributed by atoms with Crippen LogP contribution in [0.15, 0.2) is 18.2 Å². The van der Waals surface area contributed by atoms with Crippen LogP contribution in [0.1, 0.15) is 17.5 Å². The SMILES string of the molecule is C#CCNC1(C#N)CCc2ccc(OC)cc2C1. The summed E-state index contributed by atoms with van der Waals surface area (Å²) in [6.45, 7) is 0.423. The summed E-state index contributed by atoms with van der Waals surface area (Å²) in [6.07, 6.45) is 7.63. The molecule has 0 saturated carbocycles. The van der Waals surface area contributed by atoms with Crippen molar-refractivity contribution in [2.75, 3.05) is 13.7 Å². The average molecular weight is 240 g/mol. The molecule has 18 heavy (non-hydrogen) atoms. The fourth-order valence-electron chi connectivity index (χ4n) is 2.41. The number of benzene rings is 1. The largest absolute Gasteiger partial charge is 0.497 e. The molecule has 1 aliphatic rings. The fraction of sp³-hybridized carbons (Fsp3) is 0.400. The first-order valence-electron chi connectivity index (χ1n) is 5.98. The summed E-state index contributed by atoms with van der Waals surface area (Å²) in [5, 5.41) is 12.6. The van der Waals surface area contributed by atoms with Gasteiger partial charge in [-0.25, -0.2) is 0 Å². The van der Waals surface area contributed by atoms with Crippen molar-refractivity contribution >= 4 is 0 Å². The van der Waals surface area contributed by atoms with E-state index in [1.165, 1.54) is 11.1 Å². The number of nitrogens with one attached hydrogen (secondary N) is 1. The first kappa shape index (κ1) is 12.5. The molecule has 1 aromatic carbocycles. The summed E-state index contributed by atoms with van der Waals surface area (Å²) in [4.78, 5) is 0. The first-order valence-corrected chi connectivity index (χ1v) is 5.98. The highest BCUT2D eigenvalue weighted by atomic mass is 16.5. The van der Waals surface area contributed by atoms with E-state index in [4.69, 9.17) is 11.2 Å². The molecule has 92 valence electrons. The maximum absolute atomic E-state index is 9.41. The summed E-state index contributed by atoms with van der Waals surface area (Å²) < 4.78 is 5.23. The van der Waals surface area contributed by atoms with E-state index in [0.717, 1.165) is 18.6 Å². The highest BCUT2D eigenvalue weighted by Crippen LogP contribution is 2.30. The van der Waals surface area contributed by atoms with Crippen LogP contribution in [-0.4, -0.2) is 19.2 Å². The zero-order valence-corrected chi connectivity index (χ0v) is 10.5. The summed E-state index contributed by atoms with van der Waals surface area (Å²) in [7, 11) is 1.65. The molecule has 0 aromatic heterocycles. The highest BCUT2D eigenvalue weighted by molar-refractivity contribution is 5.40. The molecule has 0 spiro atoms. The van der Waals surface area contributed by atoms with Gasteiger partial charge in [0.2, 0.25) is 0 Å². The predicted molar refractivity (Wildman–Crippen MR) is 70.2 cm³/mol. The van der Waals surface area contributed by atoms with Gasteiger partial charge in [0.15, 0.2) is 0 Å². The molecule has 0 aliphatic heterocycles. The van der Waals surface area contributed by atoms with Crippen molar-refractivity contribution < 1.29 is 4.74 Å². The molecular weight excluding hydrogens is 224 g/mol. The molecule has 2 rings (SSSR count). The van der Waals surface area contributed by atoms with Gasteiger partial charge in [0.05, 0.1) is 19.7 Å². The Balaban J connectivity index is 2.27. The van der Waals surface area contributed by atoms with Gasteiger partial charge in [0.1, 0.15) is 11.3 Å². The van der Waals surface area contributed by atoms with Gasteiger partial charge < -0.3 is 4.74 Å². The fourth-order valence-corrected chi connectivity index (χ4v) is 2.41. The molecule has 1 aromatic rings. The number of nitrogens with zero attached hydrogens (tertiary/aromatic N) is 1. The second kappa shape index (κ2) is 5.12. The lowest BCUT2D eigenvalue weighted by Crippen LogP contribution is -2.48. The van der Waals surface area contributed by atoms with E-state index in [2.05, 4.69) is 23.4 Å². The normalized spacial score (nSPS) is 21.5. The molecule has 3 heteroatoms. The number of nitriles is 1. The van der Waals surface area contributed by atoms with Gasteiger partial charge in [-0.2, -0.15) is 5.26 Å².